The number of likely N-dealkylation sites (tertiary alicyclic amines) is 1. The first-order chi connectivity index (χ1) is 15.7. The normalized spacial score (nSPS) is 30.2. The summed E-state index contributed by atoms with van der Waals surface area (Å²) in [6, 6.07) is 25.4. The average Bonchev–Trinajstić information content (AvgIpc) is 3.17. The van der Waals surface area contributed by atoms with E-state index in [1.54, 1.807) is 0 Å². The van der Waals surface area contributed by atoms with E-state index in [9.17, 15) is 5.11 Å². The number of hydrogen-bond donors (Lipinski definition) is 1. The summed E-state index contributed by atoms with van der Waals surface area (Å²) >= 11 is 0. The van der Waals surface area contributed by atoms with Crippen molar-refractivity contribution in [3.63, 3.8) is 0 Å². The highest BCUT2D eigenvalue weighted by Gasteiger charge is 2.45. The molecular formula is C30H31NO. The Morgan fingerprint density at radius 1 is 0.750 bits per heavy atom. The first kappa shape index (κ1) is 19.1. The van der Waals surface area contributed by atoms with Crippen molar-refractivity contribution in [2.45, 2.75) is 56.6 Å². The molecule has 162 valence electrons. The largest absolute Gasteiger partial charge is 0.393 e. The van der Waals surface area contributed by atoms with Crippen LogP contribution in [0.3, 0.4) is 0 Å². The van der Waals surface area contributed by atoms with Crippen molar-refractivity contribution in [2.75, 3.05) is 13.1 Å². The highest BCUT2D eigenvalue weighted by molar-refractivity contribution is 5.68. The van der Waals surface area contributed by atoms with Gasteiger partial charge in [-0.25, -0.2) is 0 Å². The van der Waals surface area contributed by atoms with Gasteiger partial charge in [0, 0.05) is 30.3 Å². The molecule has 3 aromatic rings. The van der Waals surface area contributed by atoms with Crippen LogP contribution in [0.1, 0.15) is 82.9 Å². The lowest BCUT2D eigenvalue weighted by molar-refractivity contribution is -0.0120. The molecule has 3 aromatic carbocycles. The fourth-order valence-corrected chi connectivity index (χ4v) is 7.56. The van der Waals surface area contributed by atoms with Gasteiger partial charge in [0.2, 0.25) is 0 Å². The molecule has 5 aliphatic rings. The maximum absolute atomic E-state index is 10.7. The van der Waals surface area contributed by atoms with Crippen LogP contribution in [-0.2, 0) is 6.54 Å². The van der Waals surface area contributed by atoms with Crippen LogP contribution < -0.4 is 0 Å². The zero-order chi connectivity index (χ0) is 21.3. The zero-order valence-electron chi connectivity index (χ0n) is 18.6. The Balaban J connectivity index is 1.25. The third-order valence-corrected chi connectivity index (χ3v) is 8.96. The molecule has 1 heterocycles. The Labute approximate surface area is 190 Å². The molecule has 1 saturated carbocycles. The number of hydrogen-bond acceptors (Lipinski definition) is 2. The monoisotopic (exact) mass is 421 g/mol. The van der Waals surface area contributed by atoms with Crippen LogP contribution in [0.2, 0.25) is 0 Å². The number of rotatable bonds is 2. The number of benzene rings is 3. The molecule has 4 aliphatic carbocycles. The van der Waals surface area contributed by atoms with Crippen LogP contribution in [-0.4, -0.2) is 29.2 Å². The molecule has 0 aromatic heterocycles. The van der Waals surface area contributed by atoms with Gasteiger partial charge in [-0.1, -0.05) is 73.2 Å². The third kappa shape index (κ3) is 2.66. The maximum atomic E-state index is 10.7. The zero-order valence-corrected chi connectivity index (χ0v) is 18.6. The van der Waals surface area contributed by atoms with Crippen molar-refractivity contribution >= 4 is 0 Å². The van der Waals surface area contributed by atoms with E-state index in [2.05, 4.69) is 71.6 Å². The summed E-state index contributed by atoms with van der Waals surface area (Å²) in [5.74, 6) is 0.718. The molecule has 2 fully saturated rings. The fourth-order valence-electron chi connectivity index (χ4n) is 7.56. The molecule has 1 aliphatic heterocycles. The van der Waals surface area contributed by atoms with E-state index in [1.165, 1.54) is 64.6 Å². The van der Waals surface area contributed by atoms with Crippen LogP contribution in [0, 0.1) is 5.41 Å². The predicted molar refractivity (Wildman–Crippen MR) is 128 cm³/mol. The molecule has 0 amide bonds. The maximum Gasteiger partial charge on any atom is 0.0608 e. The fraction of sp³-hybridized carbons (Fsp3) is 0.400. The molecular weight excluding hydrogens is 390 g/mol. The van der Waals surface area contributed by atoms with Crippen molar-refractivity contribution < 1.29 is 5.11 Å². The van der Waals surface area contributed by atoms with Crippen LogP contribution in [0.15, 0.2) is 66.7 Å². The molecule has 2 heteroatoms. The SMILES string of the molecule is O[C@@H]1CCC[C@@]12CCCN(Cc1ccc3c(c1)C1c4ccccc4C3c3ccccc31)C2. The number of piperidine rings is 1. The molecule has 2 nitrogen and oxygen atoms in total. The molecule has 2 bridgehead atoms. The highest BCUT2D eigenvalue weighted by Crippen LogP contribution is 2.55. The summed E-state index contributed by atoms with van der Waals surface area (Å²) in [5.41, 5.74) is 10.6. The lowest BCUT2D eigenvalue weighted by Gasteiger charge is -2.43. The summed E-state index contributed by atoms with van der Waals surface area (Å²) in [7, 11) is 0. The van der Waals surface area contributed by atoms with E-state index in [1.807, 2.05) is 0 Å². The van der Waals surface area contributed by atoms with E-state index >= 15 is 0 Å². The Bertz CT molecular complexity index is 1150. The Morgan fingerprint density at radius 3 is 1.97 bits per heavy atom. The van der Waals surface area contributed by atoms with Gasteiger partial charge >= 0.3 is 0 Å². The van der Waals surface area contributed by atoms with Crippen molar-refractivity contribution in [2.24, 2.45) is 5.41 Å². The number of aliphatic hydroxyl groups is 1. The Kier molecular flexibility index (Phi) is 4.20. The van der Waals surface area contributed by atoms with Crippen LogP contribution >= 0.6 is 0 Å². The minimum Gasteiger partial charge on any atom is -0.393 e. The van der Waals surface area contributed by atoms with Crippen molar-refractivity contribution in [1.82, 2.24) is 4.90 Å². The number of aliphatic hydroxyl groups excluding tert-OH is 1. The van der Waals surface area contributed by atoms with Gasteiger partial charge in [0.1, 0.15) is 0 Å². The van der Waals surface area contributed by atoms with E-state index in [4.69, 9.17) is 0 Å². The van der Waals surface area contributed by atoms with Gasteiger partial charge in [-0.15, -0.1) is 0 Å². The first-order valence-corrected chi connectivity index (χ1v) is 12.4. The average molecular weight is 422 g/mol. The second kappa shape index (κ2) is 7.04. The number of nitrogens with zero attached hydrogens (tertiary/aromatic N) is 1. The van der Waals surface area contributed by atoms with Gasteiger partial charge in [0.05, 0.1) is 6.10 Å². The predicted octanol–water partition coefficient (Wildman–Crippen LogP) is 5.80. The topological polar surface area (TPSA) is 23.5 Å². The molecule has 2 atom stereocenters. The molecule has 32 heavy (non-hydrogen) atoms. The molecule has 0 radical (unpaired) electrons. The highest BCUT2D eigenvalue weighted by atomic mass is 16.3. The Morgan fingerprint density at radius 2 is 1.34 bits per heavy atom. The lowest BCUT2D eigenvalue weighted by Crippen LogP contribution is -2.46. The second-order valence-corrected chi connectivity index (χ2v) is 10.7. The smallest absolute Gasteiger partial charge is 0.0608 e. The molecule has 1 saturated heterocycles. The minimum atomic E-state index is -0.0995. The summed E-state index contributed by atoms with van der Waals surface area (Å²) in [6.07, 6.45) is 5.70. The van der Waals surface area contributed by atoms with Gasteiger partial charge in [-0.05, 0) is 71.2 Å². The van der Waals surface area contributed by atoms with E-state index < -0.39 is 0 Å². The third-order valence-electron chi connectivity index (χ3n) is 8.96. The first-order valence-electron chi connectivity index (χ1n) is 12.4. The summed E-state index contributed by atoms with van der Waals surface area (Å²) in [5, 5.41) is 10.7. The quantitative estimate of drug-likeness (QED) is 0.389. The van der Waals surface area contributed by atoms with Gasteiger partial charge < -0.3 is 5.11 Å². The van der Waals surface area contributed by atoms with Crippen molar-refractivity contribution in [3.8, 4) is 0 Å². The van der Waals surface area contributed by atoms with Crippen molar-refractivity contribution in [3.05, 3.63) is 106 Å². The van der Waals surface area contributed by atoms with Gasteiger partial charge in [-0.3, -0.25) is 4.90 Å². The summed E-state index contributed by atoms with van der Waals surface area (Å²) < 4.78 is 0. The van der Waals surface area contributed by atoms with Gasteiger partial charge in [-0.2, -0.15) is 0 Å². The Hall–Kier alpha value is -2.42. The lowest BCUT2D eigenvalue weighted by atomic mass is 9.61. The second-order valence-electron chi connectivity index (χ2n) is 10.7. The minimum absolute atomic E-state index is 0.0995. The summed E-state index contributed by atoms with van der Waals surface area (Å²) in [6.45, 7) is 3.22. The molecule has 1 N–H and O–H groups in total. The van der Waals surface area contributed by atoms with Gasteiger partial charge in [0.15, 0.2) is 0 Å². The standard InChI is InChI=1S/C30H31NO/c32-27-11-5-14-30(27)15-6-16-31(19-30)18-20-12-13-25-26(17-20)29-23-9-3-1-7-21(23)28(25)22-8-2-4-10-24(22)29/h1-4,7-10,12-13,17,27-29,32H,5-6,11,14-16,18-19H2/t27-,28?,29?,30+/m1/s1. The molecule has 1 spiro atoms. The van der Waals surface area contributed by atoms with Gasteiger partial charge in [0.25, 0.3) is 0 Å². The van der Waals surface area contributed by atoms with Crippen LogP contribution in [0.5, 0.6) is 0 Å². The van der Waals surface area contributed by atoms with Crippen LogP contribution in [0.25, 0.3) is 0 Å². The van der Waals surface area contributed by atoms with E-state index in [0.29, 0.717) is 11.8 Å². The molecule has 8 rings (SSSR count). The van der Waals surface area contributed by atoms with Crippen molar-refractivity contribution in [1.29, 1.82) is 0 Å². The van der Waals surface area contributed by atoms with E-state index in [-0.39, 0.29) is 11.5 Å². The summed E-state index contributed by atoms with van der Waals surface area (Å²) in [4.78, 5) is 2.61. The molecule has 0 unspecified atom stereocenters. The van der Waals surface area contributed by atoms with Crippen LogP contribution in [0.4, 0.5) is 0 Å². The van der Waals surface area contributed by atoms with E-state index in [0.717, 1.165) is 26.1 Å².